The maximum absolute atomic E-state index is 6.12. The van der Waals surface area contributed by atoms with Crippen LogP contribution in [-0.4, -0.2) is 12.6 Å². The number of nitrogens with one attached hydrogen (secondary N) is 1. The van der Waals surface area contributed by atoms with Gasteiger partial charge in [-0.2, -0.15) is 0 Å². The van der Waals surface area contributed by atoms with Crippen LogP contribution in [0.25, 0.3) is 0 Å². The van der Waals surface area contributed by atoms with Gasteiger partial charge in [0, 0.05) is 12.6 Å². The van der Waals surface area contributed by atoms with Gasteiger partial charge in [-0.15, -0.1) is 0 Å². The molecular formula is C16H23Cl2N. The predicted octanol–water partition coefficient (Wildman–Crippen LogP) is 5.09. The van der Waals surface area contributed by atoms with E-state index in [-0.39, 0.29) is 0 Å². The lowest BCUT2D eigenvalue weighted by atomic mass is 9.80. The summed E-state index contributed by atoms with van der Waals surface area (Å²) in [5, 5.41) is 4.93. The predicted molar refractivity (Wildman–Crippen MR) is 84.2 cm³/mol. The first kappa shape index (κ1) is 15.2. The molecule has 1 saturated carbocycles. The van der Waals surface area contributed by atoms with Crippen molar-refractivity contribution in [2.75, 3.05) is 6.54 Å². The zero-order chi connectivity index (χ0) is 13.9. The van der Waals surface area contributed by atoms with Crippen LogP contribution in [0.15, 0.2) is 18.2 Å². The van der Waals surface area contributed by atoms with Crippen molar-refractivity contribution in [1.29, 1.82) is 0 Å². The van der Waals surface area contributed by atoms with Gasteiger partial charge in [-0.3, -0.25) is 0 Å². The van der Waals surface area contributed by atoms with Crippen LogP contribution < -0.4 is 5.32 Å². The summed E-state index contributed by atoms with van der Waals surface area (Å²) in [6.07, 6.45) is 6.42. The molecule has 0 saturated heterocycles. The molecule has 0 amide bonds. The molecule has 1 aliphatic rings. The number of hydrogen-bond donors (Lipinski definition) is 1. The summed E-state index contributed by atoms with van der Waals surface area (Å²) in [5.74, 6) is 0. The van der Waals surface area contributed by atoms with Crippen molar-refractivity contribution < 1.29 is 0 Å². The van der Waals surface area contributed by atoms with Crippen LogP contribution in [0.2, 0.25) is 10.0 Å². The van der Waals surface area contributed by atoms with E-state index >= 15 is 0 Å². The molecule has 19 heavy (non-hydrogen) atoms. The van der Waals surface area contributed by atoms with E-state index in [4.69, 9.17) is 23.2 Å². The quantitative estimate of drug-likeness (QED) is 0.798. The van der Waals surface area contributed by atoms with Gasteiger partial charge in [0.25, 0.3) is 0 Å². The van der Waals surface area contributed by atoms with Gasteiger partial charge in [-0.1, -0.05) is 56.0 Å². The number of benzene rings is 1. The molecule has 0 bridgehead atoms. The van der Waals surface area contributed by atoms with Crippen molar-refractivity contribution in [3.63, 3.8) is 0 Å². The molecule has 0 heterocycles. The average molecular weight is 300 g/mol. The van der Waals surface area contributed by atoms with Crippen LogP contribution in [0.5, 0.6) is 0 Å². The van der Waals surface area contributed by atoms with Gasteiger partial charge in [0.2, 0.25) is 0 Å². The highest BCUT2D eigenvalue weighted by molar-refractivity contribution is 6.42. The topological polar surface area (TPSA) is 12.0 Å². The molecule has 0 spiro atoms. The fraction of sp³-hybridized carbons (Fsp3) is 0.625. The minimum atomic E-state index is 0.404. The molecule has 2 rings (SSSR count). The third-order valence-corrected chi connectivity index (χ3v) is 4.85. The fourth-order valence-corrected chi connectivity index (χ4v) is 3.36. The van der Waals surface area contributed by atoms with E-state index in [2.05, 4.69) is 25.2 Å². The van der Waals surface area contributed by atoms with Gasteiger partial charge in [0.1, 0.15) is 0 Å². The van der Waals surface area contributed by atoms with E-state index < -0.39 is 0 Å². The highest BCUT2D eigenvalue weighted by Crippen LogP contribution is 2.41. The van der Waals surface area contributed by atoms with Gasteiger partial charge >= 0.3 is 0 Å². The summed E-state index contributed by atoms with van der Waals surface area (Å²) in [5.41, 5.74) is 1.71. The lowest BCUT2D eigenvalue weighted by molar-refractivity contribution is 0.269. The smallest absolute Gasteiger partial charge is 0.0595 e. The number of rotatable bonds is 5. The zero-order valence-electron chi connectivity index (χ0n) is 11.8. The summed E-state index contributed by atoms with van der Waals surface area (Å²) in [6.45, 7) is 5.52. The summed E-state index contributed by atoms with van der Waals surface area (Å²) in [6, 6.07) is 6.60. The molecule has 1 aromatic carbocycles. The summed E-state index contributed by atoms with van der Waals surface area (Å²) in [7, 11) is 0. The van der Waals surface area contributed by atoms with E-state index in [0.29, 0.717) is 21.5 Å². The minimum absolute atomic E-state index is 0.404. The molecule has 0 unspecified atom stereocenters. The van der Waals surface area contributed by atoms with Gasteiger partial charge in [0.15, 0.2) is 0 Å². The summed E-state index contributed by atoms with van der Waals surface area (Å²) < 4.78 is 0. The number of hydrogen-bond acceptors (Lipinski definition) is 1. The van der Waals surface area contributed by atoms with Crippen molar-refractivity contribution in [3.05, 3.63) is 33.8 Å². The lowest BCUT2D eigenvalue weighted by Crippen LogP contribution is -2.37. The first-order chi connectivity index (χ1) is 9.01. The second-order valence-electron chi connectivity index (χ2n) is 6.17. The monoisotopic (exact) mass is 299 g/mol. The molecule has 1 aromatic rings. The summed E-state index contributed by atoms with van der Waals surface area (Å²) in [4.78, 5) is 0. The van der Waals surface area contributed by atoms with E-state index in [1.54, 1.807) is 0 Å². The Morgan fingerprint density at radius 3 is 2.42 bits per heavy atom. The largest absolute Gasteiger partial charge is 0.314 e. The molecule has 106 valence electrons. The molecule has 1 fully saturated rings. The van der Waals surface area contributed by atoms with Gasteiger partial charge in [-0.25, -0.2) is 0 Å². The Morgan fingerprint density at radius 1 is 1.16 bits per heavy atom. The van der Waals surface area contributed by atoms with Crippen molar-refractivity contribution in [1.82, 2.24) is 5.32 Å². The van der Waals surface area contributed by atoms with Gasteiger partial charge in [0.05, 0.1) is 10.0 Å². The second-order valence-corrected chi connectivity index (χ2v) is 6.98. The Labute approximate surface area is 126 Å². The molecule has 1 aliphatic carbocycles. The average Bonchev–Trinajstić information content (AvgIpc) is 2.81. The van der Waals surface area contributed by atoms with E-state index in [1.807, 2.05) is 12.1 Å². The van der Waals surface area contributed by atoms with Crippen LogP contribution in [0.3, 0.4) is 0 Å². The van der Waals surface area contributed by atoms with Crippen LogP contribution in [0.4, 0.5) is 0 Å². The molecule has 0 atom stereocenters. The third kappa shape index (κ3) is 4.11. The van der Waals surface area contributed by atoms with Crippen molar-refractivity contribution in [2.24, 2.45) is 5.41 Å². The fourth-order valence-electron chi connectivity index (χ4n) is 3.04. The van der Waals surface area contributed by atoms with E-state index in [0.717, 1.165) is 13.0 Å². The highest BCUT2D eigenvalue weighted by Gasteiger charge is 2.33. The van der Waals surface area contributed by atoms with Crippen LogP contribution in [0.1, 0.15) is 45.1 Å². The maximum Gasteiger partial charge on any atom is 0.0595 e. The van der Waals surface area contributed by atoms with E-state index in [9.17, 15) is 0 Å². The molecule has 1 nitrogen and oxygen atoms in total. The minimum Gasteiger partial charge on any atom is -0.314 e. The molecule has 0 radical (unpaired) electrons. The highest BCUT2D eigenvalue weighted by atomic mass is 35.5. The first-order valence-electron chi connectivity index (χ1n) is 7.18. The molecular weight excluding hydrogens is 277 g/mol. The second kappa shape index (κ2) is 6.47. The van der Waals surface area contributed by atoms with Crippen LogP contribution in [-0.2, 0) is 6.42 Å². The molecule has 3 heteroatoms. The Kier molecular flexibility index (Phi) is 5.16. The Morgan fingerprint density at radius 2 is 1.84 bits per heavy atom. The molecule has 1 N–H and O–H groups in total. The normalized spacial score (nSPS) is 18.2. The van der Waals surface area contributed by atoms with Crippen molar-refractivity contribution in [3.8, 4) is 0 Å². The number of halogens is 2. The van der Waals surface area contributed by atoms with Crippen molar-refractivity contribution >= 4 is 23.2 Å². The lowest BCUT2D eigenvalue weighted by Gasteiger charge is -2.31. The Bertz CT molecular complexity index is 423. The standard InChI is InChI=1S/C16H23Cl2N/c1-12(2)19-11-16(7-3-4-8-16)10-13-5-6-14(17)15(18)9-13/h5-6,9,12,19H,3-4,7-8,10-11H2,1-2H3. The van der Waals surface area contributed by atoms with Crippen molar-refractivity contribution in [2.45, 2.75) is 52.0 Å². The molecule has 0 aliphatic heterocycles. The Balaban J connectivity index is 2.09. The first-order valence-corrected chi connectivity index (χ1v) is 7.94. The maximum atomic E-state index is 6.12. The van der Waals surface area contributed by atoms with Crippen LogP contribution in [0, 0.1) is 5.41 Å². The zero-order valence-corrected chi connectivity index (χ0v) is 13.3. The third-order valence-electron chi connectivity index (χ3n) is 4.11. The van der Waals surface area contributed by atoms with Crippen LogP contribution >= 0.6 is 23.2 Å². The Hall–Kier alpha value is -0.240. The SMILES string of the molecule is CC(C)NCC1(Cc2ccc(Cl)c(Cl)c2)CCCC1. The summed E-state index contributed by atoms with van der Waals surface area (Å²) >= 11 is 12.1. The van der Waals surface area contributed by atoms with Gasteiger partial charge < -0.3 is 5.32 Å². The van der Waals surface area contributed by atoms with E-state index in [1.165, 1.54) is 31.2 Å². The van der Waals surface area contributed by atoms with Gasteiger partial charge in [-0.05, 0) is 42.4 Å². The molecule has 0 aromatic heterocycles.